The summed E-state index contributed by atoms with van der Waals surface area (Å²) in [5.41, 5.74) is 12.4. The van der Waals surface area contributed by atoms with Crippen LogP contribution in [0.2, 0.25) is 0 Å². The Balaban J connectivity index is 1.06. The number of furan rings is 1. The smallest absolute Gasteiger partial charge is 0.160 e. The van der Waals surface area contributed by atoms with Gasteiger partial charge in [0.15, 0.2) is 5.82 Å². The molecule has 13 aromatic rings. The standard InChI is InChI=1S/C54H32N4O/c1-2-13-34(14-3-1)53-40-17-6-9-19-44(40)55-54(56-53)35-23-25-37(26-24-35)57-45-20-10-7-18-41(45)51-46(57)28-29-47-52(51)43-31-42-39-16-8-11-21-49(39)59-50(42)32-48(43)58(47)38-27-22-33-12-4-5-15-36(33)30-38/h1-32H. The van der Waals surface area contributed by atoms with Gasteiger partial charge >= 0.3 is 0 Å². The average Bonchev–Trinajstić information content (AvgIpc) is 3.95. The van der Waals surface area contributed by atoms with Crippen LogP contribution in [0.25, 0.3) is 121 Å². The van der Waals surface area contributed by atoms with Crippen LogP contribution in [0.5, 0.6) is 0 Å². The van der Waals surface area contributed by atoms with Crippen molar-refractivity contribution in [1.82, 2.24) is 19.1 Å². The first-order chi connectivity index (χ1) is 29.2. The van der Waals surface area contributed by atoms with E-state index >= 15 is 0 Å². The lowest BCUT2D eigenvalue weighted by Crippen LogP contribution is -1.97. The van der Waals surface area contributed by atoms with E-state index in [0.717, 1.165) is 83.1 Å². The fraction of sp³-hybridized carbons (Fsp3) is 0. The second kappa shape index (κ2) is 12.2. The summed E-state index contributed by atoms with van der Waals surface area (Å²) in [5.74, 6) is 0.706. The second-order valence-electron chi connectivity index (χ2n) is 15.4. The molecular weight excluding hydrogens is 721 g/mol. The zero-order valence-electron chi connectivity index (χ0n) is 31.7. The molecule has 0 aliphatic rings. The van der Waals surface area contributed by atoms with Gasteiger partial charge in [-0.3, -0.25) is 0 Å². The third-order valence-electron chi connectivity index (χ3n) is 12.1. The summed E-state index contributed by atoms with van der Waals surface area (Å²) in [6.07, 6.45) is 0. The number of nitrogens with zero attached hydrogens (tertiary/aromatic N) is 4. The Morgan fingerprint density at radius 3 is 1.86 bits per heavy atom. The van der Waals surface area contributed by atoms with Crippen LogP contribution in [0.3, 0.4) is 0 Å². The zero-order chi connectivity index (χ0) is 38.6. The van der Waals surface area contributed by atoms with Crippen LogP contribution in [0.4, 0.5) is 0 Å². The largest absolute Gasteiger partial charge is 0.456 e. The van der Waals surface area contributed by atoms with Gasteiger partial charge in [-0.05, 0) is 83.6 Å². The molecule has 0 saturated carbocycles. The SMILES string of the molecule is c1ccc(-c2nc(-c3ccc(-n4c5ccccc5c5c6c7cc8c(cc7n(-c7ccc9ccccc9c7)c6ccc54)oc4ccccc48)cc3)nc3ccccc23)cc1. The Morgan fingerprint density at radius 1 is 0.356 bits per heavy atom. The summed E-state index contributed by atoms with van der Waals surface area (Å²) in [4.78, 5) is 10.2. The van der Waals surface area contributed by atoms with Gasteiger partial charge in [-0.25, -0.2) is 9.97 Å². The summed E-state index contributed by atoms with van der Waals surface area (Å²) >= 11 is 0. The maximum absolute atomic E-state index is 6.50. The molecule has 0 aliphatic carbocycles. The molecule has 0 spiro atoms. The van der Waals surface area contributed by atoms with E-state index in [1.54, 1.807) is 0 Å². The van der Waals surface area contributed by atoms with Crippen LogP contribution >= 0.6 is 0 Å². The van der Waals surface area contributed by atoms with E-state index in [9.17, 15) is 0 Å². The van der Waals surface area contributed by atoms with Crippen LogP contribution in [0, 0.1) is 0 Å². The minimum absolute atomic E-state index is 0.706. The molecule has 0 atom stereocenters. The van der Waals surface area contributed by atoms with E-state index in [1.165, 1.54) is 32.3 Å². The van der Waals surface area contributed by atoms with Crippen molar-refractivity contribution in [3.8, 4) is 34.0 Å². The number of benzene rings is 9. The first-order valence-corrected chi connectivity index (χ1v) is 20.0. The molecule has 0 radical (unpaired) electrons. The van der Waals surface area contributed by atoms with E-state index in [2.05, 4.69) is 179 Å². The zero-order valence-corrected chi connectivity index (χ0v) is 31.7. The number of hydrogen-bond donors (Lipinski definition) is 0. The van der Waals surface area contributed by atoms with E-state index in [4.69, 9.17) is 14.4 Å². The van der Waals surface area contributed by atoms with Crippen molar-refractivity contribution in [2.75, 3.05) is 0 Å². The summed E-state index contributed by atoms with van der Waals surface area (Å²) in [6.45, 7) is 0. The normalized spacial score (nSPS) is 12.1. The van der Waals surface area contributed by atoms with Gasteiger partial charge in [0, 0.05) is 66.3 Å². The number of aromatic nitrogens is 4. The van der Waals surface area contributed by atoms with Gasteiger partial charge in [0.25, 0.3) is 0 Å². The molecule has 59 heavy (non-hydrogen) atoms. The molecule has 9 aromatic carbocycles. The average molecular weight is 753 g/mol. The van der Waals surface area contributed by atoms with Crippen molar-refractivity contribution < 1.29 is 4.42 Å². The van der Waals surface area contributed by atoms with Crippen molar-refractivity contribution in [2.24, 2.45) is 0 Å². The van der Waals surface area contributed by atoms with Gasteiger partial charge < -0.3 is 13.6 Å². The number of hydrogen-bond acceptors (Lipinski definition) is 3. The highest BCUT2D eigenvalue weighted by molar-refractivity contribution is 6.30. The van der Waals surface area contributed by atoms with E-state index in [-0.39, 0.29) is 0 Å². The Kier molecular flexibility index (Phi) is 6.66. The second-order valence-corrected chi connectivity index (χ2v) is 15.4. The van der Waals surface area contributed by atoms with Crippen LogP contribution in [-0.4, -0.2) is 19.1 Å². The van der Waals surface area contributed by atoms with Crippen molar-refractivity contribution in [2.45, 2.75) is 0 Å². The molecule has 0 unspecified atom stereocenters. The molecule has 5 nitrogen and oxygen atoms in total. The lowest BCUT2D eigenvalue weighted by Gasteiger charge is -2.11. The minimum Gasteiger partial charge on any atom is -0.456 e. The molecule has 0 N–H and O–H groups in total. The molecule has 0 aliphatic heterocycles. The van der Waals surface area contributed by atoms with Crippen molar-refractivity contribution >= 4 is 87.2 Å². The molecule has 13 rings (SSSR count). The predicted molar refractivity (Wildman–Crippen MR) is 244 cm³/mol. The molecule has 0 amide bonds. The number of para-hydroxylation sites is 3. The van der Waals surface area contributed by atoms with E-state index in [0.29, 0.717) is 5.82 Å². The Labute approximate surface area is 337 Å². The highest BCUT2D eigenvalue weighted by Gasteiger charge is 2.23. The fourth-order valence-electron chi connectivity index (χ4n) is 9.44. The Bertz CT molecular complexity index is 3830. The topological polar surface area (TPSA) is 48.8 Å². The van der Waals surface area contributed by atoms with Crippen molar-refractivity contribution in [3.05, 3.63) is 194 Å². The van der Waals surface area contributed by atoms with Crippen molar-refractivity contribution in [1.29, 1.82) is 0 Å². The van der Waals surface area contributed by atoms with Crippen LogP contribution in [0.1, 0.15) is 0 Å². The lowest BCUT2D eigenvalue weighted by atomic mass is 10.0. The summed E-state index contributed by atoms with van der Waals surface area (Å²) < 4.78 is 11.3. The quantitative estimate of drug-likeness (QED) is 0.180. The van der Waals surface area contributed by atoms with Gasteiger partial charge in [-0.1, -0.05) is 115 Å². The molecule has 4 aromatic heterocycles. The molecule has 0 saturated heterocycles. The maximum Gasteiger partial charge on any atom is 0.160 e. The number of rotatable bonds is 4. The highest BCUT2D eigenvalue weighted by atomic mass is 16.3. The maximum atomic E-state index is 6.50. The number of fused-ring (bicyclic) bond motifs is 12. The molecular formula is C54H32N4O. The molecule has 5 heteroatoms. The summed E-state index contributed by atoms with van der Waals surface area (Å²) in [5, 5.41) is 10.6. The molecule has 4 heterocycles. The van der Waals surface area contributed by atoms with Crippen LogP contribution in [-0.2, 0) is 0 Å². The van der Waals surface area contributed by atoms with Crippen LogP contribution < -0.4 is 0 Å². The predicted octanol–water partition coefficient (Wildman–Crippen LogP) is 14.2. The lowest BCUT2D eigenvalue weighted by molar-refractivity contribution is 0.669. The first-order valence-electron chi connectivity index (χ1n) is 20.0. The van der Waals surface area contributed by atoms with Crippen molar-refractivity contribution in [3.63, 3.8) is 0 Å². The first kappa shape index (κ1) is 32.1. The Hall–Kier alpha value is -8.02. The van der Waals surface area contributed by atoms with Crippen LogP contribution in [0.15, 0.2) is 199 Å². The van der Waals surface area contributed by atoms with Gasteiger partial charge in [0.05, 0.1) is 33.3 Å². The molecule has 0 fully saturated rings. The molecule has 0 bridgehead atoms. The van der Waals surface area contributed by atoms with E-state index < -0.39 is 0 Å². The molecule has 274 valence electrons. The summed E-state index contributed by atoms with van der Waals surface area (Å²) in [7, 11) is 0. The van der Waals surface area contributed by atoms with Gasteiger partial charge in [-0.2, -0.15) is 0 Å². The minimum atomic E-state index is 0.706. The van der Waals surface area contributed by atoms with Gasteiger partial charge in [-0.15, -0.1) is 0 Å². The third-order valence-corrected chi connectivity index (χ3v) is 12.1. The van der Waals surface area contributed by atoms with E-state index in [1.807, 2.05) is 24.3 Å². The fourth-order valence-corrected chi connectivity index (χ4v) is 9.44. The monoisotopic (exact) mass is 752 g/mol. The highest BCUT2D eigenvalue weighted by Crippen LogP contribution is 2.45. The van der Waals surface area contributed by atoms with Gasteiger partial charge in [0.2, 0.25) is 0 Å². The summed E-state index contributed by atoms with van der Waals surface area (Å²) in [6, 6.07) is 69.0. The Morgan fingerprint density at radius 2 is 1.02 bits per heavy atom. The third kappa shape index (κ3) is 4.73. The van der Waals surface area contributed by atoms with Gasteiger partial charge in [0.1, 0.15) is 11.2 Å².